The van der Waals surface area contributed by atoms with Gasteiger partial charge in [-0.25, -0.2) is 15.0 Å². The molecule has 4 heterocycles. The number of hydrogen-bond donors (Lipinski definition) is 0. The van der Waals surface area contributed by atoms with E-state index in [0.29, 0.717) is 22.4 Å². The molecule has 5 aromatic rings. The Balaban J connectivity index is 1.49. The second kappa shape index (κ2) is 8.88. The second-order valence-electron chi connectivity index (χ2n) is 8.33. The Morgan fingerprint density at radius 2 is 2.06 bits per heavy atom. The van der Waals surface area contributed by atoms with Crippen molar-refractivity contribution in [3.63, 3.8) is 0 Å². The molecule has 0 fully saturated rings. The van der Waals surface area contributed by atoms with Crippen molar-refractivity contribution in [3.8, 4) is 11.4 Å². The molecular weight excluding hydrogens is 466 g/mol. The number of nitrogens with zero attached hydrogens (tertiary/aromatic N) is 5. The van der Waals surface area contributed by atoms with Gasteiger partial charge in [-0.2, -0.15) is 0 Å². The highest BCUT2D eigenvalue weighted by Gasteiger charge is 2.22. The number of benzene rings is 1. The fraction of sp³-hybridized carbons (Fsp3) is 0.280. The van der Waals surface area contributed by atoms with E-state index in [2.05, 4.69) is 9.97 Å². The van der Waals surface area contributed by atoms with Crippen molar-refractivity contribution < 1.29 is 4.74 Å². The first-order chi connectivity index (χ1) is 16.7. The standard InChI is InChI=1S/C25H23N5O2S2/c1-32-18-8-5-7-17(13-18)30-23(31)21-19-9-3-2-4-10-20(19)34-22(21)28-25(30)33-15-16-14-29-12-6-11-26-24(29)27-16/h5-8,11-14H,2-4,9-10,15H2,1H3. The molecule has 0 aliphatic heterocycles. The minimum atomic E-state index is -0.00294. The minimum Gasteiger partial charge on any atom is -0.497 e. The highest BCUT2D eigenvalue weighted by Crippen LogP contribution is 2.35. The lowest BCUT2D eigenvalue weighted by molar-refractivity contribution is 0.414. The van der Waals surface area contributed by atoms with Crippen LogP contribution in [0.2, 0.25) is 0 Å². The normalized spacial score (nSPS) is 13.8. The summed E-state index contributed by atoms with van der Waals surface area (Å²) in [6, 6.07) is 9.48. The predicted octanol–water partition coefficient (Wildman–Crippen LogP) is 5.06. The van der Waals surface area contributed by atoms with Gasteiger partial charge in [0.05, 0.1) is 23.9 Å². The maximum atomic E-state index is 14.0. The van der Waals surface area contributed by atoms with E-state index in [4.69, 9.17) is 9.72 Å². The number of aromatic nitrogens is 5. The first kappa shape index (κ1) is 21.4. The number of ether oxygens (including phenoxy) is 1. The van der Waals surface area contributed by atoms with Gasteiger partial charge in [0.2, 0.25) is 5.78 Å². The largest absolute Gasteiger partial charge is 0.497 e. The number of rotatable bonds is 5. The van der Waals surface area contributed by atoms with Crippen molar-refractivity contribution >= 4 is 39.1 Å². The van der Waals surface area contributed by atoms with E-state index in [1.54, 1.807) is 29.2 Å². The van der Waals surface area contributed by atoms with Crippen LogP contribution >= 0.6 is 23.1 Å². The van der Waals surface area contributed by atoms with Crippen molar-refractivity contribution in [3.05, 3.63) is 75.4 Å². The molecule has 0 radical (unpaired) electrons. The molecule has 1 aliphatic carbocycles. The maximum absolute atomic E-state index is 14.0. The highest BCUT2D eigenvalue weighted by molar-refractivity contribution is 7.98. The summed E-state index contributed by atoms with van der Waals surface area (Å²) in [4.78, 5) is 30.1. The van der Waals surface area contributed by atoms with Gasteiger partial charge in [-0.05, 0) is 49.4 Å². The van der Waals surface area contributed by atoms with Gasteiger partial charge in [0.15, 0.2) is 5.16 Å². The number of hydrogen-bond acceptors (Lipinski definition) is 7. The van der Waals surface area contributed by atoms with E-state index in [0.717, 1.165) is 40.9 Å². The summed E-state index contributed by atoms with van der Waals surface area (Å²) >= 11 is 3.20. The highest BCUT2D eigenvalue weighted by atomic mass is 32.2. The van der Waals surface area contributed by atoms with Crippen LogP contribution in [0.5, 0.6) is 5.75 Å². The Morgan fingerprint density at radius 3 is 2.94 bits per heavy atom. The lowest BCUT2D eigenvalue weighted by Crippen LogP contribution is -2.22. The number of imidazole rings is 1. The minimum absolute atomic E-state index is 0.00294. The molecule has 0 spiro atoms. The van der Waals surface area contributed by atoms with Crippen LogP contribution in [-0.2, 0) is 18.6 Å². The molecule has 0 N–H and O–H groups in total. The lowest BCUT2D eigenvalue weighted by atomic mass is 10.1. The Kier molecular flexibility index (Phi) is 5.58. The molecule has 0 saturated heterocycles. The van der Waals surface area contributed by atoms with E-state index in [9.17, 15) is 4.79 Å². The Hall–Kier alpha value is -3.17. The van der Waals surface area contributed by atoms with Gasteiger partial charge >= 0.3 is 0 Å². The average molecular weight is 490 g/mol. The monoisotopic (exact) mass is 489 g/mol. The molecule has 0 bridgehead atoms. The van der Waals surface area contributed by atoms with E-state index in [1.807, 2.05) is 47.1 Å². The molecule has 1 aliphatic rings. The van der Waals surface area contributed by atoms with Crippen LogP contribution in [0.15, 0.2) is 58.9 Å². The van der Waals surface area contributed by atoms with Crippen molar-refractivity contribution in [1.82, 2.24) is 23.9 Å². The number of aryl methyl sites for hydroxylation is 2. The van der Waals surface area contributed by atoms with Crippen LogP contribution in [0.3, 0.4) is 0 Å². The number of thioether (sulfide) groups is 1. The number of thiophene rings is 1. The van der Waals surface area contributed by atoms with E-state index < -0.39 is 0 Å². The first-order valence-electron chi connectivity index (χ1n) is 11.3. The summed E-state index contributed by atoms with van der Waals surface area (Å²) in [6.45, 7) is 0. The summed E-state index contributed by atoms with van der Waals surface area (Å²) in [5, 5.41) is 1.44. The Labute approximate surface area is 204 Å². The van der Waals surface area contributed by atoms with Crippen LogP contribution in [-0.4, -0.2) is 31.0 Å². The van der Waals surface area contributed by atoms with Crippen molar-refractivity contribution in [2.75, 3.05) is 7.11 Å². The zero-order valence-electron chi connectivity index (χ0n) is 18.7. The van der Waals surface area contributed by atoms with Crippen LogP contribution in [0.1, 0.15) is 35.4 Å². The molecule has 1 aromatic carbocycles. The molecule has 34 heavy (non-hydrogen) atoms. The third-order valence-corrected chi connectivity index (χ3v) is 8.31. The fourth-order valence-electron chi connectivity index (χ4n) is 4.52. The fourth-order valence-corrected chi connectivity index (χ4v) is 6.72. The van der Waals surface area contributed by atoms with Crippen LogP contribution < -0.4 is 10.3 Å². The zero-order chi connectivity index (χ0) is 23.1. The number of fused-ring (bicyclic) bond motifs is 4. The molecule has 0 atom stereocenters. The van der Waals surface area contributed by atoms with Crippen LogP contribution in [0.25, 0.3) is 21.7 Å². The quantitative estimate of drug-likeness (QED) is 0.195. The summed E-state index contributed by atoms with van der Waals surface area (Å²) in [7, 11) is 1.63. The van der Waals surface area contributed by atoms with Gasteiger partial charge in [0.25, 0.3) is 5.56 Å². The summed E-state index contributed by atoms with van der Waals surface area (Å²) in [5.74, 6) is 1.95. The molecule has 6 rings (SSSR count). The molecule has 0 amide bonds. The van der Waals surface area contributed by atoms with Crippen molar-refractivity contribution in [2.24, 2.45) is 0 Å². The number of methoxy groups -OCH3 is 1. The van der Waals surface area contributed by atoms with Gasteiger partial charge in [0.1, 0.15) is 10.6 Å². The molecule has 4 aromatic heterocycles. The SMILES string of the molecule is COc1cccc(-n2c(SCc3cn4cccnc4n3)nc3sc4c(c3c2=O)CCCCC4)c1. The molecule has 0 unspecified atom stereocenters. The summed E-state index contributed by atoms with van der Waals surface area (Å²) in [6.07, 6.45) is 11.1. The summed E-state index contributed by atoms with van der Waals surface area (Å²) in [5.41, 5.74) is 2.84. The zero-order valence-corrected chi connectivity index (χ0v) is 20.4. The van der Waals surface area contributed by atoms with Gasteiger partial charge in [-0.1, -0.05) is 24.2 Å². The first-order valence-corrected chi connectivity index (χ1v) is 13.1. The molecule has 172 valence electrons. The molecule has 9 heteroatoms. The Bertz CT molecular complexity index is 1540. The van der Waals surface area contributed by atoms with Gasteiger partial charge in [-0.3, -0.25) is 13.8 Å². The second-order valence-corrected chi connectivity index (χ2v) is 10.4. The maximum Gasteiger partial charge on any atom is 0.267 e. The van der Waals surface area contributed by atoms with Gasteiger partial charge in [-0.15, -0.1) is 11.3 Å². The molecular formula is C25H23N5O2S2. The van der Waals surface area contributed by atoms with Crippen molar-refractivity contribution in [2.45, 2.75) is 43.0 Å². The smallest absolute Gasteiger partial charge is 0.267 e. The predicted molar refractivity (Wildman–Crippen MR) is 136 cm³/mol. The van der Waals surface area contributed by atoms with Gasteiger partial charge in [0, 0.05) is 35.3 Å². The topological polar surface area (TPSA) is 74.3 Å². The van der Waals surface area contributed by atoms with Crippen LogP contribution in [0, 0.1) is 0 Å². The third-order valence-electron chi connectivity index (χ3n) is 6.15. The van der Waals surface area contributed by atoms with Crippen molar-refractivity contribution in [1.29, 1.82) is 0 Å². The van der Waals surface area contributed by atoms with E-state index in [-0.39, 0.29) is 5.56 Å². The lowest BCUT2D eigenvalue weighted by Gasteiger charge is -2.13. The van der Waals surface area contributed by atoms with Crippen LogP contribution in [0.4, 0.5) is 0 Å². The third kappa shape index (κ3) is 3.78. The Morgan fingerprint density at radius 1 is 1.15 bits per heavy atom. The molecule has 0 saturated carbocycles. The van der Waals surface area contributed by atoms with E-state index in [1.165, 1.54) is 35.0 Å². The average Bonchev–Trinajstić information content (AvgIpc) is 3.36. The van der Waals surface area contributed by atoms with E-state index >= 15 is 0 Å². The molecule has 7 nitrogen and oxygen atoms in total. The van der Waals surface area contributed by atoms with Gasteiger partial charge < -0.3 is 4.74 Å². The summed E-state index contributed by atoms with van der Waals surface area (Å²) < 4.78 is 9.08.